The van der Waals surface area contributed by atoms with E-state index in [9.17, 15) is 4.79 Å². The minimum absolute atomic E-state index is 0.150. The summed E-state index contributed by atoms with van der Waals surface area (Å²) in [6, 6.07) is 8.23. The van der Waals surface area contributed by atoms with Crippen molar-refractivity contribution in [1.29, 1.82) is 0 Å². The van der Waals surface area contributed by atoms with Crippen molar-refractivity contribution >= 4 is 28.6 Å². The minimum atomic E-state index is 0.150. The Balaban J connectivity index is 1.65. The first-order chi connectivity index (χ1) is 9.34. The Hall–Kier alpha value is -1.42. The fourth-order valence-corrected chi connectivity index (χ4v) is 3.76. The van der Waals surface area contributed by atoms with Crippen LogP contribution in [0.4, 0.5) is 0 Å². The molecule has 2 heterocycles. The lowest BCUT2D eigenvalue weighted by molar-refractivity contribution is -0.120. The van der Waals surface area contributed by atoms with Gasteiger partial charge in [-0.1, -0.05) is 24.6 Å². The zero-order valence-electron chi connectivity index (χ0n) is 10.8. The van der Waals surface area contributed by atoms with Crippen molar-refractivity contribution in [2.75, 3.05) is 5.75 Å². The maximum atomic E-state index is 12.1. The zero-order chi connectivity index (χ0) is 13.1. The molecule has 1 fully saturated rings. The average Bonchev–Trinajstić information content (AvgIpc) is 2.94. The number of hydrogen-bond acceptors (Lipinski definition) is 2. The van der Waals surface area contributed by atoms with Gasteiger partial charge in [0.15, 0.2) is 0 Å². The first-order valence-corrected chi connectivity index (χ1v) is 7.84. The molecule has 3 rings (SSSR count). The Morgan fingerprint density at radius 3 is 3.16 bits per heavy atom. The molecular formula is C15H18N2OS. The van der Waals surface area contributed by atoms with Crippen LogP contribution in [0.3, 0.4) is 0 Å². The molecule has 1 aliphatic rings. The third-order valence-electron chi connectivity index (χ3n) is 3.60. The molecule has 0 aliphatic carbocycles. The summed E-state index contributed by atoms with van der Waals surface area (Å²) in [5.74, 6) is 1.30. The standard InChI is InChI=1S/C15H18N2OS/c18-15(13-6-1-2-9-19-13)17-10-12-5-3-4-11-7-8-16-14(11)12/h3-5,7-8,13,16H,1-2,6,9-10H2,(H,17,18). The summed E-state index contributed by atoms with van der Waals surface area (Å²) < 4.78 is 0. The molecule has 1 aromatic heterocycles. The number of hydrogen-bond donors (Lipinski definition) is 2. The monoisotopic (exact) mass is 274 g/mol. The van der Waals surface area contributed by atoms with Crippen LogP contribution in [0.2, 0.25) is 0 Å². The van der Waals surface area contributed by atoms with E-state index in [1.54, 1.807) is 11.8 Å². The van der Waals surface area contributed by atoms with E-state index in [1.807, 2.05) is 12.3 Å². The van der Waals surface area contributed by atoms with E-state index in [0.717, 1.165) is 23.3 Å². The number of thioether (sulfide) groups is 1. The summed E-state index contributed by atoms with van der Waals surface area (Å²) in [7, 11) is 0. The molecule has 1 aliphatic heterocycles. The number of H-pyrrole nitrogens is 1. The number of aromatic nitrogens is 1. The first kappa shape index (κ1) is 12.6. The summed E-state index contributed by atoms with van der Waals surface area (Å²) in [4.78, 5) is 15.3. The number of para-hydroxylation sites is 1. The molecule has 19 heavy (non-hydrogen) atoms. The van der Waals surface area contributed by atoms with E-state index in [0.29, 0.717) is 6.54 Å². The quantitative estimate of drug-likeness (QED) is 0.903. The second-order valence-corrected chi connectivity index (χ2v) is 6.24. The summed E-state index contributed by atoms with van der Waals surface area (Å²) in [5, 5.41) is 4.41. The molecule has 1 saturated heterocycles. The normalized spacial score (nSPS) is 19.5. The molecular weight excluding hydrogens is 256 g/mol. The molecule has 1 amide bonds. The van der Waals surface area contributed by atoms with Gasteiger partial charge in [0.05, 0.1) is 10.8 Å². The van der Waals surface area contributed by atoms with Crippen LogP contribution < -0.4 is 5.32 Å². The molecule has 0 bridgehead atoms. The highest BCUT2D eigenvalue weighted by molar-refractivity contribution is 8.00. The molecule has 2 aromatic rings. The number of rotatable bonds is 3. The van der Waals surface area contributed by atoms with Gasteiger partial charge in [-0.3, -0.25) is 4.79 Å². The van der Waals surface area contributed by atoms with Gasteiger partial charge in [0.1, 0.15) is 0 Å². The second kappa shape index (κ2) is 5.70. The van der Waals surface area contributed by atoms with Crippen molar-refractivity contribution < 1.29 is 4.79 Å². The Kier molecular flexibility index (Phi) is 3.78. The van der Waals surface area contributed by atoms with Crippen molar-refractivity contribution in [3.8, 4) is 0 Å². The van der Waals surface area contributed by atoms with E-state index in [2.05, 4.69) is 28.5 Å². The van der Waals surface area contributed by atoms with Gasteiger partial charge in [0.2, 0.25) is 5.91 Å². The molecule has 1 aromatic carbocycles. The molecule has 0 radical (unpaired) electrons. The number of benzene rings is 1. The highest BCUT2D eigenvalue weighted by Gasteiger charge is 2.21. The Labute approximate surface area is 117 Å². The Morgan fingerprint density at radius 1 is 1.37 bits per heavy atom. The SMILES string of the molecule is O=C(NCc1cccc2cc[nH]c12)C1CCCCS1. The van der Waals surface area contributed by atoms with Crippen molar-refractivity contribution in [2.45, 2.75) is 31.1 Å². The van der Waals surface area contributed by atoms with E-state index in [4.69, 9.17) is 0 Å². The van der Waals surface area contributed by atoms with Gasteiger partial charge < -0.3 is 10.3 Å². The third-order valence-corrected chi connectivity index (χ3v) is 4.98. The topological polar surface area (TPSA) is 44.9 Å². The molecule has 0 spiro atoms. The van der Waals surface area contributed by atoms with Crippen LogP contribution in [0.1, 0.15) is 24.8 Å². The van der Waals surface area contributed by atoms with Crippen molar-refractivity contribution in [2.24, 2.45) is 0 Å². The highest BCUT2D eigenvalue weighted by atomic mass is 32.2. The average molecular weight is 274 g/mol. The maximum absolute atomic E-state index is 12.1. The minimum Gasteiger partial charge on any atom is -0.361 e. The molecule has 1 atom stereocenters. The smallest absolute Gasteiger partial charge is 0.233 e. The highest BCUT2D eigenvalue weighted by Crippen LogP contribution is 2.25. The van der Waals surface area contributed by atoms with Gasteiger partial charge in [-0.15, -0.1) is 11.8 Å². The maximum Gasteiger partial charge on any atom is 0.233 e. The van der Waals surface area contributed by atoms with E-state index >= 15 is 0 Å². The van der Waals surface area contributed by atoms with Gasteiger partial charge >= 0.3 is 0 Å². The number of carbonyl (C=O) groups is 1. The van der Waals surface area contributed by atoms with E-state index in [-0.39, 0.29) is 11.2 Å². The lowest BCUT2D eigenvalue weighted by Gasteiger charge is -2.20. The van der Waals surface area contributed by atoms with Crippen LogP contribution in [0.5, 0.6) is 0 Å². The first-order valence-electron chi connectivity index (χ1n) is 6.79. The van der Waals surface area contributed by atoms with Crippen LogP contribution in [-0.4, -0.2) is 21.9 Å². The van der Waals surface area contributed by atoms with Gasteiger partial charge in [-0.2, -0.15) is 0 Å². The summed E-state index contributed by atoms with van der Waals surface area (Å²) >= 11 is 1.79. The lowest BCUT2D eigenvalue weighted by Crippen LogP contribution is -2.33. The summed E-state index contributed by atoms with van der Waals surface area (Å²) in [5.41, 5.74) is 2.27. The van der Waals surface area contributed by atoms with E-state index in [1.165, 1.54) is 18.2 Å². The van der Waals surface area contributed by atoms with Crippen LogP contribution in [-0.2, 0) is 11.3 Å². The zero-order valence-corrected chi connectivity index (χ0v) is 11.6. The molecule has 100 valence electrons. The molecule has 0 saturated carbocycles. The van der Waals surface area contributed by atoms with Crippen molar-refractivity contribution in [3.05, 3.63) is 36.0 Å². The second-order valence-electron chi connectivity index (χ2n) is 4.93. The van der Waals surface area contributed by atoms with Gasteiger partial charge in [0.25, 0.3) is 0 Å². The Morgan fingerprint density at radius 2 is 2.32 bits per heavy atom. The molecule has 1 unspecified atom stereocenters. The number of carbonyl (C=O) groups excluding carboxylic acids is 1. The third kappa shape index (κ3) is 2.78. The van der Waals surface area contributed by atoms with Gasteiger partial charge in [-0.05, 0) is 35.6 Å². The summed E-state index contributed by atoms with van der Waals surface area (Å²) in [6.07, 6.45) is 5.38. The molecule has 2 N–H and O–H groups in total. The number of aromatic amines is 1. The predicted molar refractivity (Wildman–Crippen MR) is 80.2 cm³/mol. The van der Waals surface area contributed by atoms with Crippen LogP contribution in [0.15, 0.2) is 30.5 Å². The van der Waals surface area contributed by atoms with Crippen LogP contribution in [0, 0.1) is 0 Å². The largest absolute Gasteiger partial charge is 0.361 e. The number of nitrogens with one attached hydrogen (secondary N) is 2. The fraction of sp³-hybridized carbons (Fsp3) is 0.400. The molecule has 3 nitrogen and oxygen atoms in total. The van der Waals surface area contributed by atoms with E-state index < -0.39 is 0 Å². The van der Waals surface area contributed by atoms with Crippen LogP contribution in [0.25, 0.3) is 10.9 Å². The predicted octanol–water partition coefficient (Wildman–Crippen LogP) is 3.07. The number of amides is 1. The van der Waals surface area contributed by atoms with Gasteiger partial charge in [0, 0.05) is 12.7 Å². The van der Waals surface area contributed by atoms with Crippen molar-refractivity contribution in [3.63, 3.8) is 0 Å². The number of fused-ring (bicyclic) bond motifs is 1. The summed E-state index contributed by atoms with van der Waals surface area (Å²) in [6.45, 7) is 0.605. The lowest BCUT2D eigenvalue weighted by atomic mass is 10.1. The molecule has 4 heteroatoms. The van der Waals surface area contributed by atoms with Crippen LogP contribution >= 0.6 is 11.8 Å². The Bertz CT molecular complexity index is 572. The van der Waals surface area contributed by atoms with Gasteiger partial charge in [-0.25, -0.2) is 0 Å². The van der Waals surface area contributed by atoms with Crippen molar-refractivity contribution in [1.82, 2.24) is 10.3 Å². The fourth-order valence-electron chi connectivity index (χ4n) is 2.54.